The average Bonchev–Trinajstić information content (AvgIpc) is 2.80. The molecule has 0 radical (unpaired) electrons. The van der Waals surface area contributed by atoms with Crippen molar-refractivity contribution in [2.24, 2.45) is 0 Å². The van der Waals surface area contributed by atoms with Gasteiger partial charge in [-0.1, -0.05) is 0 Å². The Labute approximate surface area is 179 Å². The number of ether oxygens (including phenoxy) is 2. The van der Waals surface area contributed by atoms with Gasteiger partial charge in [0.2, 0.25) is 0 Å². The van der Waals surface area contributed by atoms with Gasteiger partial charge < -0.3 is 30.7 Å². The minimum absolute atomic E-state index is 0.266. The van der Waals surface area contributed by atoms with E-state index in [4.69, 9.17) is 15.2 Å². The number of urea groups is 1. The molecule has 1 aliphatic heterocycles. The molecule has 10 heteroatoms. The third-order valence-electron chi connectivity index (χ3n) is 4.74. The van der Waals surface area contributed by atoms with Crippen LogP contribution in [0.5, 0.6) is 5.75 Å². The number of nitrogens with one attached hydrogen (secondary N) is 2. The van der Waals surface area contributed by atoms with E-state index in [2.05, 4.69) is 30.5 Å². The third-order valence-corrected chi connectivity index (χ3v) is 4.74. The van der Waals surface area contributed by atoms with Crippen LogP contribution < -0.4 is 26.0 Å². The summed E-state index contributed by atoms with van der Waals surface area (Å²) < 4.78 is 10.4. The summed E-state index contributed by atoms with van der Waals surface area (Å²) in [6.07, 6.45) is 3.16. The Balaban J connectivity index is 1.35. The van der Waals surface area contributed by atoms with Gasteiger partial charge in [0.1, 0.15) is 5.82 Å². The first-order chi connectivity index (χ1) is 15.1. The minimum atomic E-state index is -0.362. The Morgan fingerprint density at radius 1 is 1.03 bits per heavy atom. The second-order valence-corrected chi connectivity index (χ2v) is 6.81. The molecule has 3 aromatic rings. The molecular formula is C21H23N7O3. The largest absolute Gasteiger partial charge is 0.491 e. The van der Waals surface area contributed by atoms with Crippen LogP contribution in [0.2, 0.25) is 0 Å². The Morgan fingerprint density at radius 3 is 2.39 bits per heavy atom. The first-order valence-corrected chi connectivity index (χ1v) is 9.76. The van der Waals surface area contributed by atoms with E-state index in [0.717, 1.165) is 24.5 Å². The molecule has 31 heavy (non-hydrogen) atoms. The van der Waals surface area contributed by atoms with Gasteiger partial charge in [-0.25, -0.2) is 19.7 Å². The molecule has 1 aliphatic rings. The van der Waals surface area contributed by atoms with Gasteiger partial charge in [0.15, 0.2) is 17.4 Å². The van der Waals surface area contributed by atoms with Crippen LogP contribution >= 0.6 is 0 Å². The van der Waals surface area contributed by atoms with Gasteiger partial charge in [-0.15, -0.1) is 0 Å². The smallest absolute Gasteiger partial charge is 0.323 e. The van der Waals surface area contributed by atoms with Crippen molar-refractivity contribution in [3.05, 3.63) is 48.8 Å². The maximum atomic E-state index is 12.3. The van der Waals surface area contributed by atoms with Crippen molar-refractivity contribution in [3.8, 4) is 17.1 Å². The standard InChI is InChI=1S/C21H23N7O3/c1-30-17-13-24-20(27-19(17)22)14-2-4-15(5-3-14)25-21(29)26-16-6-7-18(23-12-16)28-8-10-31-11-9-28/h2-7,12-13H,8-11H2,1H3,(H2,22,24,27)(H2,25,26,29). The number of hydrogen-bond acceptors (Lipinski definition) is 8. The molecule has 2 amide bonds. The van der Waals surface area contributed by atoms with Gasteiger partial charge in [-0.05, 0) is 36.4 Å². The molecule has 1 fully saturated rings. The van der Waals surface area contributed by atoms with Crippen LogP contribution in [0.25, 0.3) is 11.4 Å². The van der Waals surface area contributed by atoms with Gasteiger partial charge in [0, 0.05) is 24.3 Å². The monoisotopic (exact) mass is 421 g/mol. The number of rotatable bonds is 5. The number of morpholine rings is 1. The van der Waals surface area contributed by atoms with Crippen molar-refractivity contribution in [3.63, 3.8) is 0 Å². The molecule has 3 heterocycles. The summed E-state index contributed by atoms with van der Waals surface area (Å²) in [5, 5.41) is 5.56. The van der Waals surface area contributed by atoms with E-state index in [1.165, 1.54) is 13.3 Å². The van der Waals surface area contributed by atoms with Crippen LogP contribution in [0, 0.1) is 0 Å². The summed E-state index contributed by atoms with van der Waals surface area (Å²) in [5.74, 6) is 2.03. The van der Waals surface area contributed by atoms with Crippen molar-refractivity contribution in [2.45, 2.75) is 0 Å². The highest BCUT2D eigenvalue weighted by Crippen LogP contribution is 2.23. The first-order valence-electron chi connectivity index (χ1n) is 9.76. The SMILES string of the molecule is COc1cnc(-c2ccc(NC(=O)Nc3ccc(N4CCOCC4)nc3)cc2)nc1N. The molecule has 4 N–H and O–H groups in total. The predicted molar refractivity (Wildman–Crippen MR) is 118 cm³/mol. The number of carbonyl (C=O) groups is 1. The number of anilines is 4. The molecule has 1 saturated heterocycles. The average molecular weight is 421 g/mol. The lowest BCUT2D eigenvalue weighted by molar-refractivity contribution is 0.122. The van der Waals surface area contributed by atoms with Gasteiger partial charge in [-0.2, -0.15) is 0 Å². The molecule has 0 atom stereocenters. The summed E-state index contributed by atoms with van der Waals surface area (Å²) in [7, 11) is 1.51. The molecule has 10 nitrogen and oxygen atoms in total. The lowest BCUT2D eigenvalue weighted by atomic mass is 10.2. The Hall–Kier alpha value is -3.92. The van der Waals surface area contributed by atoms with Crippen LogP contribution in [0.1, 0.15) is 0 Å². The summed E-state index contributed by atoms with van der Waals surface area (Å²) >= 11 is 0. The number of nitrogens with two attached hydrogens (primary N) is 1. The van der Waals surface area contributed by atoms with Crippen LogP contribution in [-0.4, -0.2) is 54.4 Å². The summed E-state index contributed by atoms with van der Waals surface area (Å²) in [4.78, 5) is 27.3. The highest BCUT2D eigenvalue weighted by atomic mass is 16.5. The fourth-order valence-electron chi connectivity index (χ4n) is 3.12. The molecule has 2 aromatic heterocycles. The number of amides is 2. The molecular weight excluding hydrogens is 398 g/mol. The molecule has 0 unspecified atom stereocenters. The zero-order valence-corrected chi connectivity index (χ0v) is 17.0. The third kappa shape index (κ3) is 4.98. The number of benzene rings is 1. The van der Waals surface area contributed by atoms with Crippen LogP contribution in [0.3, 0.4) is 0 Å². The molecule has 0 saturated carbocycles. The molecule has 0 aliphatic carbocycles. The van der Waals surface area contributed by atoms with Crippen molar-refractivity contribution in [2.75, 3.05) is 54.7 Å². The first kappa shape index (κ1) is 20.4. The van der Waals surface area contributed by atoms with Gasteiger partial charge in [-0.3, -0.25) is 0 Å². The minimum Gasteiger partial charge on any atom is -0.491 e. The topological polar surface area (TPSA) is 128 Å². The number of nitrogen functional groups attached to an aromatic ring is 1. The van der Waals surface area contributed by atoms with Gasteiger partial charge in [0.05, 0.1) is 38.4 Å². The number of nitrogens with zero attached hydrogens (tertiary/aromatic N) is 4. The van der Waals surface area contributed by atoms with E-state index in [1.54, 1.807) is 30.5 Å². The van der Waals surface area contributed by atoms with Gasteiger partial charge in [0.25, 0.3) is 0 Å². The van der Waals surface area contributed by atoms with E-state index in [9.17, 15) is 4.79 Å². The quantitative estimate of drug-likeness (QED) is 0.574. The van der Waals surface area contributed by atoms with Crippen LogP contribution in [-0.2, 0) is 4.74 Å². The van der Waals surface area contributed by atoms with Crippen LogP contribution in [0.15, 0.2) is 48.8 Å². The summed E-state index contributed by atoms with van der Waals surface area (Å²) in [5.41, 5.74) is 7.83. The predicted octanol–water partition coefficient (Wildman–Crippen LogP) is 2.61. The number of carbonyl (C=O) groups excluding carboxylic acids is 1. The maximum Gasteiger partial charge on any atom is 0.323 e. The van der Waals surface area contributed by atoms with Crippen molar-refractivity contribution in [1.82, 2.24) is 15.0 Å². The number of pyridine rings is 1. The lowest BCUT2D eigenvalue weighted by Crippen LogP contribution is -2.36. The Bertz CT molecular complexity index is 1040. The fraction of sp³-hybridized carbons (Fsp3) is 0.238. The fourth-order valence-corrected chi connectivity index (χ4v) is 3.12. The maximum absolute atomic E-state index is 12.3. The highest BCUT2D eigenvalue weighted by Gasteiger charge is 2.12. The normalized spacial score (nSPS) is 13.5. The van der Waals surface area contributed by atoms with Crippen molar-refractivity contribution in [1.29, 1.82) is 0 Å². The number of aromatic nitrogens is 3. The van der Waals surface area contributed by atoms with Gasteiger partial charge >= 0.3 is 6.03 Å². The van der Waals surface area contributed by atoms with E-state index < -0.39 is 0 Å². The summed E-state index contributed by atoms with van der Waals surface area (Å²) in [6, 6.07) is 10.5. The van der Waals surface area contributed by atoms with E-state index in [1.807, 2.05) is 12.1 Å². The second kappa shape index (κ2) is 9.26. The number of hydrogen-bond donors (Lipinski definition) is 3. The van der Waals surface area contributed by atoms with Crippen molar-refractivity contribution < 1.29 is 14.3 Å². The molecule has 160 valence electrons. The molecule has 0 bridgehead atoms. The lowest BCUT2D eigenvalue weighted by Gasteiger charge is -2.27. The highest BCUT2D eigenvalue weighted by molar-refractivity contribution is 5.99. The summed E-state index contributed by atoms with van der Waals surface area (Å²) in [6.45, 7) is 3.01. The Kier molecular flexibility index (Phi) is 6.08. The molecule has 1 aromatic carbocycles. The van der Waals surface area contributed by atoms with Crippen molar-refractivity contribution >= 4 is 29.0 Å². The molecule has 0 spiro atoms. The van der Waals surface area contributed by atoms with E-state index >= 15 is 0 Å². The van der Waals surface area contributed by atoms with E-state index in [0.29, 0.717) is 36.2 Å². The Morgan fingerprint density at radius 2 is 1.74 bits per heavy atom. The second-order valence-electron chi connectivity index (χ2n) is 6.81. The number of methoxy groups -OCH3 is 1. The van der Waals surface area contributed by atoms with E-state index in [-0.39, 0.29) is 11.8 Å². The van der Waals surface area contributed by atoms with Crippen LogP contribution in [0.4, 0.5) is 27.8 Å². The zero-order valence-electron chi connectivity index (χ0n) is 17.0. The molecule has 4 rings (SSSR count). The zero-order chi connectivity index (χ0) is 21.6.